The molecule has 0 spiro atoms. The summed E-state index contributed by atoms with van der Waals surface area (Å²) in [5, 5.41) is 5.17. The third-order valence-electron chi connectivity index (χ3n) is 3.00. The van der Waals surface area contributed by atoms with Gasteiger partial charge in [-0.1, -0.05) is 13.3 Å². The molecule has 7 nitrogen and oxygen atoms in total. The summed E-state index contributed by atoms with van der Waals surface area (Å²) in [5.41, 5.74) is 1.85. The zero-order chi connectivity index (χ0) is 15.2. The molecule has 7 heteroatoms. The summed E-state index contributed by atoms with van der Waals surface area (Å²) < 4.78 is 6.66. The number of amides is 1. The Morgan fingerprint density at radius 3 is 3.00 bits per heavy atom. The maximum absolute atomic E-state index is 11.7. The predicted molar refractivity (Wildman–Crippen MR) is 79.0 cm³/mol. The molecule has 21 heavy (non-hydrogen) atoms. The van der Waals surface area contributed by atoms with Gasteiger partial charge in [0.1, 0.15) is 0 Å². The lowest BCUT2D eigenvalue weighted by molar-refractivity contribution is 0.152. The summed E-state index contributed by atoms with van der Waals surface area (Å²) in [6.45, 7) is 4.33. The van der Waals surface area contributed by atoms with Crippen molar-refractivity contribution in [3.8, 4) is 5.69 Å². The summed E-state index contributed by atoms with van der Waals surface area (Å²) in [7, 11) is 0. The van der Waals surface area contributed by atoms with Crippen molar-refractivity contribution in [1.29, 1.82) is 0 Å². The van der Waals surface area contributed by atoms with Crippen molar-refractivity contribution in [3.63, 3.8) is 0 Å². The summed E-state index contributed by atoms with van der Waals surface area (Å²) in [4.78, 5) is 15.8. The number of pyridine rings is 1. The average Bonchev–Trinajstić information content (AvgIpc) is 2.96. The minimum absolute atomic E-state index is 0.319. The monoisotopic (exact) mass is 289 g/mol. The second-order valence-electron chi connectivity index (χ2n) is 4.62. The number of aromatic nitrogens is 3. The van der Waals surface area contributed by atoms with Crippen LogP contribution in [0.3, 0.4) is 0 Å². The van der Waals surface area contributed by atoms with Gasteiger partial charge in [-0.15, -0.1) is 5.10 Å². The predicted octanol–water partition coefficient (Wildman–Crippen LogP) is 2.19. The molecule has 0 aromatic carbocycles. The van der Waals surface area contributed by atoms with E-state index in [-0.39, 0.29) is 0 Å². The topological polar surface area (TPSA) is 86.3 Å². The minimum atomic E-state index is -0.614. The first kappa shape index (κ1) is 15.0. The van der Waals surface area contributed by atoms with E-state index in [4.69, 9.17) is 10.6 Å². The van der Waals surface area contributed by atoms with Crippen LogP contribution in [0, 0.1) is 6.92 Å². The van der Waals surface area contributed by atoms with Crippen molar-refractivity contribution in [2.45, 2.75) is 26.7 Å². The van der Waals surface area contributed by atoms with Crippen molar-refractivity contribution in [3.05, 3.63) is 36.3 Å². The third-order valence-corrected chi connectivity index (χ3v) is 3.00. The fourth-order valence-electron chi connectivity index (χ4n) is 1.74. The molecule has 0 aliphatic carbocycles. The molecule has 0 saturated heterocycles. The standard InChI is InChI=1S/C14H19N5O2/c1-3-4-9-21-14(20)19(15)13-6-8-18(17-13)12-10-16-7-5-11(12)2/h5-8,10H,3-4,9,15H2,1-2H3. The molecule has 0 aliphatic heterocycles. The molecule has 0 aliphatic rings. The van der Waals surface area contributed by atoms with Gasteiger partial charge in [-0.2, -0.15) is 5.01 Å². The van der Waals surface area contributed by atoms with E-state index in [9.17, 15) is 4.79 Å². The number of hydrazine groups is 1. The number of aryl methyl sites for hydroxylation is 1. The quantitative estimate of drug-likeness (QED) is 0.394. The number of nitrogens with two attached hydrogens (primary N) is 1. The van der Waals surface area contributed by atoms with Gasteiger partial charge in [0.15, 0.2) is 5.82 Å². The number of unbranched alkanes of at least 4 members (excludes halogenated alkanes) is 1. The molecule has 0 saturated carbocycles. The van der Waals surface area contributed by atoms with Crippen molar-refractivity contribution in [2.75, 3.05) is 11.6 Å². The van der Waals surface area contributed by atoms with Crippen LogP contribution in [-0.4, -0.2) is 27.5 Å². The molecule has 112 valence electrons. The van der Waals surface area contributed by atoms with E-state index in [0.717, 1.165) is 29.1 Å². The van der Waals surface area contributed by atoms with E-state index in [0.29, 0.717) is 12.4 Å². The molecule has 2 N–H and O–H groups in total. The fraction of sp³-hybridized carbons (Fsp3) is 0.357. The Morgan fingerprint density at radius 1 is 1.48 bits per heavy atom. The van der Waals surface area contributed by atoms with Gasteiger partial charge in [0.05, 0.1) is 18.5 Å². The van der Waals surface area contributed by atoms with Gasteiger partial charge in [-0.3, -0.25) is 4.98 Å². The molecule has 2 rings (SSSR count). The number of nitrogens with zero attached hydrogens (tertiary/aromatic N) is 4. The Bertz CT molecular complexity index is 611. The Kier molecular flexibility index (Phi) is 4.89. The zero-order valence-corrected chi connectivity index (χ0v) is 12.2. The van der Waals surface area contributed by atoms with Crippen LogP contribution < -0.4 is 10.9 Å². The normalized spacial score (nSPS) is 10.4. The number of rotatable bonds is 5. The first-order chi connectivity index (χ1) is 10.1. The molecular weight excluding hydrogens is 270 g/mol. The van der Waals surface area contributed by atoms with Gasteiger partial charge in [-0.25, -0.2) is 15.3 Å². The Morgan fingerprint density at radius 2 is 2.29 bits per heavy atom. The smallest absolute Gasteiger partial charge is 0.430 e. The molecule has 0 radical (unpaired) electrons. The van der Waals surface area contributed by atoms with E-state index in [1.54, 1.807) is 29.3 Å². The van der Waals surface area contributed by atoms with Crippen LogP contribution in [0.2, 0.25) is 0 Å². The molecule has 2 heterocycles. The molecule has 2 aromatic heterocycles. The van der Waals surface area contributed by atoms with E-state index < -0.39 is 6.09 Å². The van der Waals surface area contributed by atoms with Crippen LogP contribution in [-0.2, 0) is 4.74 Å². The highest BCUT2D eigenvalue weighted by atomic mass is 16.6. The summed E-state index contributed by atoms with van der Waals surface area (Å²) >= 11 is 0. The molecular formula is C14H19N5O2. The Balaban J connectivity index is 2.09. The molecule has 0 atom stereocenters. The molecule has 1 amide bonds. The lowest BCUT2D eigenvalue weighted by Crippen LogP contribution is -2.38. The van der Waals surface area contributed by atoms with Crippen LogP contribution >= 0.6 is 0 Å². The number of ether oxygens (including phenoxy) is 1. The van der Waals surface area contributed by atoms with E-state index in [1.807, 2.05) is 19.9 Å². The number of hydrogen-bond acceptors (Lipinski definition) is 5. The minimum Gasteiger partial charge on any atom is -0.448 e. The summed E-state index contributed by atoms with van der Waals surface area (Å²) in [6.07, 6.45) is 6.28. The summed E-state index contributed by atoms with van der Waals surface area (Å²) in [5.74, 6) is 6.04. The number of carbonyl (C=O) groups is 1. The highest BCUT2D eigenvalue weighted by Crippen LogP contribution is 2.15. The van der Waals surface area contributed by atoms with Crippen molar-refractivity contribution in [2.24, 2.45) is 5.84 Å². The van der Waals surface area contributed by atoms with Crippen molar-refractivity contribution >= 4 is 11.9 Å². The maximum atomic E-state index is 11.7. The summed E-state index contributed by atoms with van der Waals surface area (Å²) in [6, 6.07) is 3.53. The van der Waals surface area contributed by atoms with Gasteiger partial charge >= 0.3 is 6.09 Å². The van der Waals surface area contributed by atoms with Gasteiger partial charge in [0.25, 0.3) is 0 Å². The van der Waals surface area contributed by atoms with Crippen LogP contribution in [0.15, 0.2) is 30.7 Å². The first-order valence-electron chi connectivity index (χ1n) is 6.81. The van der Waals surface area contributed by atoms with Gasteiger partial charge < -0.3 is 4.74 Å². The van der Waals surface area contributed by atoms with Crippen molar-refractivity contribution < 1.29 is 9.53 Å². The van der Waals surface area contributed by atoms with Crippen LogP contribution in [0.5, 0.6) is 0 Å². The molecule has 0 unspecified atom stereocenters. The number of hydrogen-bond donors (Lipinski definition) is 1. The molecule has 0 bridgehead atoms. The second kappa shape index (κ2) is 6.85. The lowest BCUT2D eigenvalue weighted by Gasteiger charge is -2.13. The first-order valence-corrected chi connectivity index (χ1v) is 6.81. The SMILES string of the molecule is CCCCOC(=O)N(N)c1ccn(-c2cnccc2C)n1. The fourth-order valence-corrected chi connectivity index (χ4v) is 1.74. The lowest BCUT2D eigenvalue weighted by atomic mass is 10.2. The highest BCUT2D eigenvalue weighted by Gasteiger charge is 2.16. The Labute approximate surface area is 123 Å². The zero-order valence-electron chi connectivity index (χ0n) is 12.2. The largest absolute Gasteiger partial charge is 0.448 e. The van der Waals surface area contributed by atoms with Crippen LogP contribution in [0.25, 0.3) is 5.69 Å². The van der Waals surface area contributed by atoms with E-state index >= 15 is 0 Å². The number of carbonyl (C=O) groups excluding carboxylic acids is 1. The Hall–Kier alpha value is -2.41. The van der Waals surface area contributed by atoms with Gasteiger partial charge in [0, 0.05) is 18.5 Å². The second-order valence-corrected chi connectivity index (χ2v) is 4.62. The van der Waals surface area contributed by atoms with Crippen LogP contribution in [0.4, 0.5) is 10.6 Å². The van der Waals surface area contributed by atoms with Gasteiger partial charge in [0.2, 0.25) is 0 Å². The van der Waals surface area contributed by atoms with Crippen LogP contribution in [0.1, 0.15) is 25.3 Å². The molecule has 0 fully saturated rings. The highest BCUT2D eigenvalue weighted by molar-refractivity contribution is 5.84. The van der Waals surface area contributed by atoms with Gasteiger partial charge in [-0.05, 0) is 25.0 Å². The van der Waals surface area contributed by atoms with E-state index in [2.05, 4.69) is 10.1 Å². The average molecular weight is 289 g/mol. The maximum Gasteiger partial charge on any atom is 0.430 e. The number of anilines is 1. The third kappa shape index (κ3) is 3.57. The molecule has 2 aromatic rings. The van der Waals surface area contributed by atoms with Crippen molar-refractivity contribution in [1.82, 2.24) is 14.8 Å². The van der Waals surface area contributed by atoms with E-state index in [1.165, 1.54) is 0 Å².